The summed E-state index contributed by atoms with van der Waals surface area (Å²) in [5, 5.41) is 14.0. The summed E-state index contributed by atoms with van der Waals surface area (Å²) >= 11 is 0. The third kappa shape index (κ3) is 6.70. The monoisotopic (exact) mass is 455 g/mol. The molecule has 10 nitrogen and oxygen atoms in total. The van der Waals surface area contributed by atoms with Gasteiger partial charge in [0.1, 0.15) is 17.9 Å². The lowest BCUT2D eigenvalue weighted by Gasteiger charge is -2.25. The molecule has 5 N–H and O–H groups in total. The van der Waals surface area contributed by atoms with E-state index in [9.17, 15) is 24.3 Å². The lowest BCUT2D eigenvalue weighted by Crippen LogP contribution is -2.43. The second-order valence-corrected chi connectivity index (χ2v) is 7.50. The average molecular weight is 455 g/mol. The van der Waals surface area contributed by atoms with E-state index in [0.29, 0.717) is 24.2 Å². The lowest BCUT2D eigenvalue weighted by molar-refractivity contribution is -0.142. The van der Waals surface area contributed by atoms with Crippen molar-refractivity contribution >= 4 is 23.9 Å². The van der Waals surface area contributed by atoms with Crippen LogP contribution in [0, 0.1) is 0 Å². The lowest BCUT2D eigenvalue weighted by atomic mass is 9.95. The van der Waals surface area contributed by atoms with Gasteiger partial charge in [0.25, 0.3) is 5.91 Å². The first-order valence-corrected chi connectivity index (χ1v) is 10.4. The maximum Gasteiger partial charge on any atom is 0.339 e. The molecule has 2 atom stereocenters. The molecule has 2 aromatic carbocycles. The van der Waals surface area contributed by atoms with E-state index < -0.39 is 30.1 Å². The molecule has 0 saturated heterocycles. The summed E-state index contributed by atoms with van der Waals surface area (Å²) in [5.74, 6) is -1.73. The Bertz CT molecular complexity index is 1020. The topological polar surface area (TPSA) is 157 Å². The smallest absolute Gasteiger partial charge is 0.339 e. The number of carboxylic acids is 1. The molecule has 2 aromatic rings. The number of carbonyl (C=O) groups is 4. The van der Waals surface area contributed by atoms with Crippen LogP contribution in [0.1, 0.15) is 40.4 Å². The molecule has 10 heteroatoms. The fourth-order valence-corrected chi connectivity index (χ4v) is 3.46. The van der Waals surface area contributed by atoms with Crippen LogP contribution in [-0.4, -0.2) is 48.2 Å². The molecule has 33 heavy (non-hydrogen) atoms. The van der Waals surface area contributed by atoms with E-state index in [1.54, 1.807) is 36.4 Å². The molecule has 1 heterocycles. The Morgan fingerprint density at radius 2 is 1.88 bits per heavy atom. The van der Waals surface area contributed by atoms with Gasteiger partial charge in [0, 0.05) is 13.0 Å². The Balaban J connectivity index is 1.49. The minimum absolute atomic E-state index is 0.124. The number of nitrogens with one attached hydrogen (secondary N) is 2. The van der Waals surface area contributed by atoms with Crippen LogP contribution in [0.3, 0.4) is 0 Å². The molecule has 3 rings (SSSR count). The summed E-state index contributed by atoms with van der Waals surface area (Å²) in [4.78, 5) is 46.3. The number of rotatable bonds is 10. The molecule has 0 unspecified atom stereocenters. The number of carbonyl (C=O) groups excluding carboxylic acids is 3. The molecular weight excluding hydrogens is 430 g/mol. The van der Waals surface area contributed by atoms with E-state index in [0.717, 1.165) is 11.1 Å². The number of carboxylic acid groups (broad SMARTS) is 1. The van der Waals surface area contributed by atoms with E-state index >= 15 is 0 Å². The van der Waals surface area contributed by atoms with Gasteiger partial charge in [-0.25, -0.2) is 14.4 Å². The first kappa shape index (κ1) is 23.6. The van der Waals surface area contributed by atoms with E-state index in [2.05, 4.69) is 10.6 Å². The zero-order valence-corrected chi connectivity index (χ0v) is 17.8. The SMILES string of the molecule is NC(=O)NCCC[C@@H](NC(=O)COc1ccc([C@@H]2Cc3ccccc3C(=O)O2)cc1)C(=O)O. The van der Waals surface area contributed by atoms with Crippen molar-refractivity contribution in [1.82, 2.24) is 10.6 Å². The molecular formula is C23H25N3O7. The first-order chi connectivity index (χ1) is 15.8. The number of primary amides is 1. The van der Waals surface area contributed by atoms with Crippen LogP contribution in [0.2, 0.25) is 0 Å². The second kappa shape index (κ2) is 11.0. The molecule has 1 aliphatic heterocycles. The maximum absolute atomic E-state index is 12.2. The zero-order valence-electron chi connectivity index (χ0n) is 17.8. The third-order valence-electron chi connectivity index (χ3n) is 5.12. The number of cyclic esters (lactones) is 1. The number of hydrogen-bond acceptors (Lipinski definition) is 6. The van der Waals surface area contributed by atoms with E-state index in [4.69, 9.17) is 15.2 Å². The van der Waals surface area contributed by atoms with Gasteiger partial charge in [0.2, 0.25) is 0 Å². The van der Waals surface area contributed by atoms with Crippen molar-refractivity contribution in [3.05, 3.63) is 65.2 Å². The Hall–Kier alpha value is -4.08. The van der Waals surface area contributed by atoms with Crippen molar-refractivity contribution in [3.63, 3.8) is 0 Å². The number of ether oxygens (including phenoxy) is 2. The number of fused-ring (bicyclic) bond motifs is 1. The molecule has 0 radical (unpaired) electrons. The van der Waals surface area contributed by atoms with Gasteiger partial charge in [0.15, 0.2) is 6.61 Å². The molecule has 174 valence electrons. The highest BCUT2D eigenvalue weighted by molar-refractivity contribution is 5.92. The van der Waals surface area contributed by atoms with Crippen molar-refractivity contribution in [2.75, 3.05) is 13.2 Å². The number of amides is 3. The average Bonchev–Trinajstić information content (AvgIpc) is 2.79. The predicted molar refractivity (Wildman–Crippen MR) is 117 cm³/mol. The van der Waals surface area contributed by atoms with Crippen LogP contribution in [0.15, 0.2) is 48.5 Å². The number of benzene rings is 2. The maximum atomic E-state index is 12.2. The Kier molecular flexibility index (Phi) is 7.85. The Labute approximate surface area is 190 Å². The quantitative estimate of drug-likeness (QED) is 0.313. The van der Waals surface area contributed by atoms with Crippen LogP contribution in [-0.2, 0) is 20.7 Å². The Morgan fingerprint density at radius 1 is 1.15 bits per heavy atom. The highest BCUT2D eigenvalue weighted by atomic mass is 16.5. The summed E-state index contributed by atoms with van der Waals surface area (Å²) in [6.45, 7) is -0.159. The van der Waals surface area contributed by atoms with Gasteiger partial charge in [-0.05, 0) is 42.2 Å². The van der Waals surface area contributed by atoms with Gasteiger partial charge in [-0.15, -0.1) is 0 Å². The zero-order chi connectivity index (χ0) is 23.8. The van der Waals surface area contributed by atoms with Gasteiger partial charge in [-0.1, -0.05) is 30.3 Å². The van der Waals surface area contributed by atoms with Crippen molar-refractivity contribution < 1.29 is 33.8 Å². The molecule has 1 aliphatic rings. The van der Waals surface area contributed by atoms with E-state index in [1.165, 1.54) is 0 Å². The second-order valence-electron chi connectivity index (χ2n) is 7.50. The minimum Gasteiger partial charge on any atom is -0.484 e. The molecule has 3 amide bonds. The Morgan fingerprint density at radius 3 is 2.58 bits per heavy atom. The number of urea groups is 1. The fraction of sp³-hybridized carbons (Fsp3) is 0.304. The third-order valence-corrected chi connectivity index (χ3v) is 5.12. The van der Waals surface area contributed by atoms with Gasteiger partial charge in [-0.3, -0.25) is 4.79 Å². The van der Waals surface area contributed by atoms with Gasteiger partial charge in [-0.2, -0.15) is 0 Å². The number of aliphatic carboxylic acids is 1. The standard InChI is InChI=1S/C23H25N3O7/c24-23(31)25-11-3-6-18(21(28)29)26-20(27)13-32-16-9-7-14(8-10-16)19-12-15-4-1-2-5-17(15)22(30)33-19/h1-2,4-5,7-10,18-19H,3,6,11-13H2,(H,26,27)(H,28,29)(H3,24,25,31)/t18-,19+/m1/s1. The highest BCUT2D eigenvalue weighted by Gasteiger charge is 2.27. The molecule has 0 spiro atoms. The van der Waals surface area contributed by atoms with Crippen LogP contribution < -0.4 is 21.1 Å². The first-order valence-electron chi connectivity index (χ1n) is 10.4. The molecule has 0 saturated carbocycles. The van der Waals surface area contributed by atoms with Gasteiger partial charge < -0.3 is 30.9 Å². The number of hydrogen-bond donors (Lipinski definition) is 4. The van der Waals surface area contributed by atoms with E-state index in [1.807, 2.05) is 12.1 Å². The molecule has 0 fully saturated rings. The molecule has 0 bridgehead atoms. The van der Waals surface area contributed by atoms with Crippen LogP contribution >= 0.6 is 0 Å². The van der Waals surface area contributed by atoms with Gasteiger partial charge in [0.05, 0.1) is 5.56 Å². The highest BCUT2D eigenvalue weighted by Crippen LogP contribution is 2.31. The summed E-state index contributed by atoms with van der Waals surface area (Å²) in [6.07, 6.45) is 0.610. The largest absolute Gasteiger partial charge is 0.484 e. The van der Waals surface area contributed by atoms with Crippen LogP contribution in [0.25, 0.3) is 0 Å². The van der Waals surface area contributed by atoms with Crippen LogP contribution in [0.5, 0.6) is 5.75 Å². The summed E-state index contributed by atoms with van der Waals surface area (Å²) in [5.41, 5.74) is 7.24. The van der Waals surface area contributed by atoms with Crippen molar-refractivity contribution in [3.8, 4) is 5.75 Å². The minimum atomic E-state index is -1.18. The van der Waals surface area contributed by atoms with Crippen molar-refractivity contribution in [1.29, 1.82) is 0 Å². The summed E-state index contributed by atoms with van der Waals surface area (Å²) in [6, 6.07) is 12.3. The normalized spacial score (nSPS) is 15.5. The molecule has 0 aliphatic carbocycles. The predicted octanol–water partition coefficient (Wildman–Crippen LogP) is 1.54. The van der Waals surface area contributed by atoms with E-state index in [-0.39, 0.29) is 25.5 Å². The fourth-order valence-electron chi connectivity index (χ4n) is 3.46. The van der Waals surface area contributed by atoms with Gasteiger partial charge >= 0.3 is 18.0 Å². The number of esters is 1. The molecule has 0 aromatic heterocycles. The van der Waals surface area contributed by atoms with Crippen LogP contribution in [0.4, 0.5) is 4.79 Å². The number of nitrogens with two attached hydrogens (primary N) is 1. The van der Waals surface area contributed by atoms with Crippen molar-refractivity contribution in [2.45, 2.75) is 31.4 Å². The summed E-state index contributed by atoms with van der Waals surface area (Å²) < 4.78 is 11.0. The summed E-state index contributed by atoms with van der Waals surface area (Å²) in [7, 11) is 0. The van der Waals surface area contributed by atoms with Crippen molar-refractivity contribution in [2.24, 2.45) is 5.73 Å².